The van der Waals surface area contributed by atoms with Crippen LogP contribution in [0.5, 0.6) is 0 Å². The Labute approximate surface area is 76.0 Å². The van der Waals surface area contributed by atoms with Crippen molar-refractivity contribution in [3.05, 3.63) is 12.2 Å². The number of rotatable bonds is 7. The molecule has 0 saturated carbocycles. The summed E-state index contributed by atoms with van der Waals surface area (Å²) in [4.78, 5) is 0. The van der Waals surface area contributed by atoms with E-state index in [0.29, 0.717) is 5.92 Å². The van der Waals surface area contributed by atoms with E-state index in [1.54, 1.807) is 0 Å². The van der Waals surface area contributed by atoms with Gasteiger partial charge in [-0.1, -0.05) is 26.0 Å². The molecule has 2 heteroatoms. The van der Waals surface area contributed by atoms with Crippen LogP contribution >= 0.6 is 0 Å². The van der Waals surface area contributed by atoms with Crippen LogP contribution in [-0.4, -0.2) is 26.3 Å². The maximum absolute atomic E-state index is 5.38. The molecule has 1 N–H and O–H groups in total. The van der Waals surface area contributed by atoms with E-state index in [1.165, 1.54) is 5.57 Å². The van der Waals surface area contributed by atoms with Crippen molar-refractivity contribution in [1.29, 1.82) is 0 Å². The summed E-state index contributed by atoms with van der Waals surface area (Å²) in [7, 11) is 0. The van der Waals surface area contributed by atoms with E-state index >= 15 is 0 Å². The summed E-state index contributed by atoms with van der Waals surface area (Å²) in [5.74, 6) is 0.631. The van der Waals surface area contributed by atoms with Crippen LogP contribution < -0.4 is 5.32 Å². The van der Waals surface area contributed by atoms with Gasteiger partial charge in [0.1, 0.15) is 0 Å². The third-order valence-corrected chi connectivity index (χ3v) is 1.30. The van der Waals surface area contributed by atoms with E-state index in [0.717, 1.165) is 26.3 Å². The van der Waals surface area contributed by atoms with Gasteiger partial charge >= 0.3 is 0 Å². The molecule has 0 aliphatic carbocycles. The first kappa shape index (κ1) is 11.7. The third kappa shape index (κ3) is 9.66. The molecule has 0 amide bonds. The minimum atomic E-state index is 0.631. The van der Waals surface area contributed by atoms with Gasteiger partial charge in [0, 0.05) is 19.7 Å². The Morgan fingerprint density at radius 1 is 1.50 bits per heavy atom. The van der Waals surface area contributed by atoms with E-state index in [4.69, 9.17) is 4.74 Å². The van der Waals surface area contributed by atoms with E-state index < -0.39 is 0 Å². The van der Waals surface area contributed by atoms with E-state index in [2.05, 4.69) is 25.7 Å². The predicted octanol–water partition coefficient (Wildman–Crippen LogP) is 1.82. The predicted molar refractivity (Wildman–Crippen MR) is 53.3 cm³/mol. The van der Waals surface area contributed by atoms with E-state index in [1.807, 2.05) is 6.92 Å². The molecule has 0 radical (unpaired) electrons. The second kappa shape index (κ2) is 7.32. The van der Waals surface area contributed by atoms with Crippen LogP contribution in [0.2, 0.25) is 0 Å². The molecular formula is C10H21NO. The molecule has 0 spiro atoms. The summed E-state index contributed by atoms with van der Waals surface area (Å²) in [6.07, 6.45) is 0. The van der Waals surface area contributed by atoms with Crippen LogP contribution in [0.1, 0.15) is 20.8 Å². The smallest absolute Gasteiger partial charge is 0.0591 e. The molecule has 0 fully saturated rings. The topological polar surface area (TPSA) is 21.3 Å². The Bertz CT molecular complexity index is 121. The minimum Gasteiger partial charge on any atom is -0.380 e. The molecule has 0 unspecified atom stereocenters. The molecule has 72 valence electrons. The molecule has 0 bridgehead atoms. The molecule has 12 heavy (non-hydrogen) atoms. The first-order valence-electron chi connectivity index (χ1n) is 4.55. The van der Waals surface area contributed by atoms with Gasteiger partial charge in [0.25, 0.3) is 0 Å². The minimum absolute atomic E-state index is 0.631. The Kier molecular flexibility index (Phi) is 7.11. The Balaban J connectivity index is 2.96. The fourth-order valence-electron chi connectivity index (χ4n) is 0.765. The molecule has 0 aromatic rings. The Morgan fingerprint density at radius 3 is 2.67 bits per heavy atom. The second-order valence-corrected chi connectivity index (χ2v) is 3.60. The van der Waals surface area contributed by atoms with Gasteiger partial charge in [-0.3, -0.25) is 0 Å². The largest absolute Gasteiger partial charge is 0.380 e. The molecule has 0 heterocycles. The fourth-order valence-corrected chi connectivity index (χ4v) is 0.765. The standard InChI is InChI=1S/C10H21NO/c1-9(2)7-11-5-6-12-8-10(3)4/h10-11H,1,5-8H2,2-4H3. The number of hydrogen-bond acceptors (Lipinski definition) is 2. The van der Waals surface area contributed by atoms with Crippen LogP contribution in [0.15, 0.2) is 12.2 Å². The van der Waals surface area contributed by atoms with Crippen molar-refractivity contribution in [3.63, 3.8) is 0 Å². The highest BCUT2D eigenvalue weighted by molar-refractivity contribution is 4.90. The maximum Gasteiger partial charge on any atom is 0.0591 e. The van der Waals surface area contributed by atoms with Crippen molar-refractivity contribution in [2.75, 3.05) is 26.3 Å². The first-order chi connectivity index (χ1) is 5.63. The average Bonchev–Trinajstić information content (AvgIpc) is 1.95. The summed E-state index contributed by atoms with van der Waals surface area (Å²) < 4.78 is 5.38. The average molecular weight is 171 g/mol. The molecule has 0 atom stereocenters. The Morgan fingerprint density at radius 2 is 2.17 bits per heavy atom. The number of ether oxygens (including phenoxy) is 1. The van der Waals surface area contributed by atoms with Crippen molar-refractivity contribution in [3.8, 4) is 0 Å². The molecule has 0 aromatic carbocycles. The summed E-state index contributed by atoms with van der Waals surface area (Å²) in [6, 6.07) is 0. The summed E-state index contributed by atoms with van der Waals surface area (Å²) in [5, 5.41) is 3.23. The van der Waals surface area contributed by atoms with E-state index in [-0.39, 0.29) is 0 Å². The van der Waals surface area contributed by atoms with Gasteiger partial charge in [0.05, 0.1) is 6.61 Å². The summed E-state index contributed by atoms with van der Waals surface area (Å²) in [6.45, 7) is 13.6. The number of hydrogen-bond donors (Lipinski definition) is 1. The van der Waals surface area contributed by atoms with Gasteiger partial charge in [-0.25, -0.2) is 0 Å². The van der Waals surface area contributed by atoms with Crippen LogP contribution in [0, 0.1) is 5.92 Å². The zero-order valence-electron chi connectivity index (χ0n) is 8.52. The van der Waals surface area contributed by atoms with Crippen LogP contribution in [0.3, 0.4) is 0 Å². The van der Waals surface area contributed by atoms with Crippen molar-refractivity contribution in [1.82, 2.24) is 5.32 Å². The third-order valence-electron chi connectivity index (χ3n) is 1.30. The lowest BCUT2D eigenvalue weighted by Crippen LogP contribution is -2.22. The monoisotopic (exact) mass is 171 g/mol. The summed E-state index contributed by atoms with van der Waals surface area (Å²) in [5.41, 5.74) is 1.17. The van der Waals surface area contributed by atoms with Gasteiger partial charge in [-0.2, -0.15) is 0 Å². The molecule has 2 nitrogen and oxygen atoms in total. The highest BCUT2D eigenvalue weighted by atomic mass is 16.5. The highest BCUT2D eigenvalue weighted by Gasteiger charge is 1.92. The highest BCUT2D eigenvalue weighted by Crippen LogP contribution is 1.91. The lowest BCUT2D eigenvalue weighted by Gasteiger charge is -2.07. The Hall–Kier alpha value is -0.340. The van der Waals surface area contributed by atoms with Crippen molar-refractivity contribution >= 4 is 0 Å². The first-order valence-corrected chi connectivity index (χ1v) is 4.55. The van der Waals surface area contributed by atoms with Gasteiger partial charge in [-0.05, 0) is 12.8 Å². The van der Waals surface area contributed by atoms with Gasteiger partial charge in [0.15, 0.2) is 0 Å². The summed E-state index contributed by atoms with van der Waals surface area (Å²) >= 11 is 0. The van der Waals surface area contributed by atoms with Gasteiger partial charge in [0.2, 0.25) is 0 Å². The van der Waals surface area contributed by atoms with Crippen LogP contribution in [0.25, 0.3) is 0 Å². The lowest BCUT2D eigenvalue weighted by molar-refractivity contribution is 0.112. The molecule has 0 aliphatic heterocycles. The van der Waals surface area contributed by atoms with Gasteiger partial charge in [-0.15, -0.1) is 0 Å². The van der Waals surface area contributed by atoms with E-state index in [9.17, 15) is 0 Å². The fraction of sp³-hybridized carbons (Fsp3) is 0.800. The molecule has 0 aromatic heterocycles. The zero-order chi connectivity index (χ0) is 9.40. The molecular weight excluding hydrogens is 150 g/mol. The van der Waals surface area contributed by atoms with Crippen molar-refractivity contribution in [2.24, 2.45) is 5.92 Å². The SMILES string of the molecule is C=C(C)CNCCOCC(C)C. The van der Waals surface area contributed by atoms with Crippen molar-refractivity contribution < 1.29 is 4.74 Å². The molecule has 0 aliphatic rings. The van der Waals surface area contributed by atoms with Crippen LogP contribution in [0.4, 0.5) is 0 Å². The zero-order valence-corrected chi connectivity index (χ0v) is 8.52. The maximum atomic E-state index is 5.38. The lowest BCUT2D eigenvalue weighted by atomic mass is 10.2. The number of nitrogens with one attached hydrogen (secondary N) is 1. The van der Waals surface area contributed by atoms with Crippen molar-refractivity contribution in [2.45, 2.75) is 20.8 Å². The second-order valence-electron chi connectivity index (χ2n) is 3.60. The van der Waals surface area contributed by atoms with Crippen LogP contribution in [-0.2, 0) is 4.74 Å². The molecule has 0 rings (SSSR count). The van der Waals surface area contributed by atoms with Gasteiger partial charge < -0.3 is 10.1 Å². The normalized spacial score (nSPS) is 10.7. The quantitative estimate of drug-likeness (QED) is 0.466. The molecule has 0 saturated heterocycles.